The number of hydrogen-bond donors (Lipinski definition) is 1. The van der Waals surface area contributed by atoms with Crippen LogP contribution < -0.4 is 0 Å². The zero-order valence-electron chi connectivity index (χ0n) is 15.2. The number of likely N-dealkylation sites (tertiary alicyclic amines) is 1. The number of hydrogen-bond acceptors (Lipinski definition) is 4. The maximum Gasteiger partial charge on any atom is 0.306 e. The Morgan fingerprint density at radius 1 is 1.27 bits per heavy atom. The minimum atomic E-state index is -0.871. The molecule has 142 valence electrons. The SMILES string of the molecule is CC1CN(C(=O)C2(OCc3ccccc3)CCOCC2)CCC1C(=O)O. The van der Waals surface area contributed by atoms with E-state index in [0.717, 1.165) is 5.56 Å². The number of amides is 1. The van der Waals surface area contributed by atoms with E-state index in [1.165, 1.54) is 0 Å². The molecule has 1 amide bonds. The number of carbonyl (C=O) groups is 2. The number of aliphatic carboxylic acids is 1. The molecule has 2 saturated heterocycles. The van der Waals surface area contributed by atoms with Gasteiger partial charge in [-0.05, 0) is 17.9 Å². The molecule has 2 fully saturated rings. The van der Waals surface area contributed by atoms with Gasteiger partial charge in [-0.1, -0.05) is 37.3 Å². The van der Waals surface area contributed by atoms with Crippen molar-refractivity contribution in [1.29, 1.82) is 0 Å². The van der Waals surface area contributed by atoms with Gasteiger partial charge in [-0.15, -0.1) is 0 Å². The molecule has 0 aromatic heterocycles. The summed E-state index contributed by atoms with van der Waals surface area (Å²) in [6.45, 7) is 4.22. The Bertz CT molecular complexity index is 626. The molecule has 2 unspecified atom stereocenters. The highest BCUT2D eigenvalue weighted by atomic mass is 16.5. The number of nitrogens with zero attached hydrogens (tertiary/aromatic N) is 1. The third kappa shape index (κ3) is 4.07. The number of rotatable bonds is 5. The summed E-state index contributed by atoms with van der Waals surface area (Å²) in [6, 6.07) is 9.83. The van der Waals surface area contributed by atoms with Crippen molar-refractivity contribution >= 4 is 11.9 Å². The van der Waals surface area contributed by atoms with Crippen molar-refractivity contribution in [1.82, 2.24) is 4.90 Å². The second kappa shape index (κ2) is 8.18. The second-order valence-corrected chi connectivity index (χ2v) is 7.34. The summed E-state index contributed by atoms with van der Waals surface area (Å²) >= 11 is 0. The average molecular weight is 361 g/mol. The van der Waals surface area contributed by atoms with E-state index in [-0.39, 0.29) is 17.7 Å². The highest BCUT2D eigenvalue weighted by Crippen LogP contribution is 2.32. The van der Waals surface area contributed by atoms with Crippen LogP contribution in [0.3, 0.4) is 0 Å². The van der Waals surface area contributed by atoms with E-state index in [1.54, 1.807) is 4.90 Å². The van der Waals surface area contributed by atoms with Crippen molar-refractivity contribution in [3.63, 3.8) is 0 Å². The number of ether oxygens (including phenoxy) is 2. The Morgan fingerprint density at radius 2 is 1.96 bits per heavy atom. The molecular formula is C20H27NO5. The highest BCUT2D eigenvalue weighted by molar-refractivity contribution is 5.86. The van der Waals surface area contributed by atoms with Gasteiger partial charge in [0.25, 0.3) is 5.91 Å². The van der Waals surface area contributed by atoms with Crippen LogP contribution in [0.25, 0.3) is 0 Å². The molecule has 0 spiro atoms. The standard InChI is InChI=1S/C20H27NO5/c1-15-13-21(10-7-17(15)18(22)23)19(24)20(8-11-25-12-9-20)26-14-16-5-3-2-4-6-16/h2-6,15,17H,7-14H2,1H3,(H,22,23). The van der Waals surface area contributed by atoms with Crippen LogP contribution in [-0.2, 0) is 25.7 Å². The van der Waals surface area contributed by atoms with Gasteiger partial charge in [-0.2, -0.15) is 0 Å². The van der Waals surface area contributed by atoms with Crippen LogP contribution in [0.4, 0.5) is 0 Å². The van der Waals surface area contributed by atoms with Crippen molar-refractivity contribution in [2.24, 2.45) is 11.8 Å². The zero-order valence-corrected chi connectivity index (χ0v) is 15.2. The van der Waals surface area contributed by atoms with Gasteiger partial charge >= 0.3 is 5.97 Å². The number of carbonyl (C=O) groups excluding carboxylic acids is 1. The second-order valence-electron chi connectivity index (χ2n) is 7.34. The van der Waals surface area contributed by atoms with Crippen LogP contribution in [0.5, 0.6) is 0 Å². The molecule has 3 rings (SSSR count). The topological polar surface area (TPSA) is 76.1 Å². The molecule has 6 nitrogen and oxygen atoms in total. The highest BCUT2D eigenvalue weighted by Gasteiger charge is 2.45. The lowest BCUT2D eigenvalue weighted by Crippen LogP contribution is -2.56. The summed E-state index contributed by atoms with van der Waals surface area (Å²) in [5.74, 6) is -1.23. The van der Waals surface area contributed by atoms with Crippen LogP contribution in [0, 0.1) is 11.8 Å². The lowest BCUT2D eigenvalue weighted by molar-refractivity contribution is -0.177. The molecule has 2 aliphatic rings. The molecular weight excluding hydrogens is 334 g/mol. The van der Waals surface area contributed by atoms with Gasteiger partial charge in [0.15, 0.2) is 5.60 Å². The Labute approximate surface area is 154 Å². The molecule has 0 bridgehead atoms. The molecule has 2 heterocycles. The van der Waals surface area contributed by atoms with Crippen molar-refractivity contribution in [2.45, 2.75) is 38.4 Å². The molecule has 26 heavy (non-hydrogen) atoms. The first-order valence-corrected chi connectivity index (χ1v) is 9.30. The predicted octanol–water partition coefficient (Wildman–Crippen LogP) is 2.32. The smallest absolute Gasteiger partial charge is 0.306 e. The van der Waals surface area contributed by atoms with Gasteiger partial charge in [0.2, 0.25) is 0 Å². The molecule has 1 N–H and O–H groups in total. The molecule has 0 radical (unpaired) electrons. The average Bonchev–Trinajstić information content (AvgIpc) is 2.67. The molecule has 1 aromatic carbocycles. The summed E-state index contributed by atoms with van der Waals surface area (Å²) < 4.78 is 11.6. The van der Waals surface area contributed by atoms with E-state index < -0.39 is 11.6 Å². The van der Waals surface area contributed by atoms with Crippen LogP contribution in [0.15, 0.2) is 30.3 Å². The van der Waals surface area contributed by atoms with Crippen molar-refractivity contribution < 1.29 is 24.2 Å². The zero-order chi connectivity index (χ0) is 18.6. The molecule has 6 heteroatoms. The van der Waals surface area contributed by atoms with Gasteiger partial charge in [0, 0.05) is 39.1 Å². The van der Waals surface area contributed by atoms with Crippen LogP contribution in [0.1, 0.15) is 31.7 Å². The maximum absolute atomic E-state index is 13.3. The van der Waals surface area contributed by atoms with Gasteiger partial charge in [-0.3, -0.25) is 9.59 Å². The van der Waals surface area contributed by atoms with Crippen molar-refractivity contribution in [3.05, 3.63) is 35.9 Å². The fourth-order valence-electron chi connectivity index (χ4n) is 3.90. The van der Waals surface area contributed by atoms with Gasteiger partial charge in [0.1, 0.15) is 0 Å². The number of carboxylic acid groups (broad SMARTS) is 1. The fraction of sp³-hybridized carbons (Fsp3) is 0.600. The van der Waals surface area contributed by atoms with E-state index in [4.69, 9.17) is 9.47 Å². The summed E-state index contributed by atoms with van der Waals surface area (Å²) in [5, 5.41) is 9.30. The monoisotopic (exact) mass is 361 g/mol. The van der Waals surface area contributed by atoms with Gasteiger partial charge in [-0.25, -0.2) is 0 Å². The van der Waals surface area contributed by atoms with E-state index in [0.29, 0.717) is 52.2 Å². The van der Waals surface area contributed by atoms with Gasteiger partial charge < -0.3 is 19.5 Å². The lowest BCUT2D eigenvalue weighted by atomic mass is 9.85. The Kier molecular flexibility index (Phi) is 5.94. The minimum absolute atomic E-state index is 0.0209. The third-order valence-electron chi connectivity index (χ3n) is 5.56. The Balaban J connectivity index is 1.70. The van der Waals surface area contributed by atoms with Crippen LogP contribution >= 0.6 is 0 Å². The first-order chi connectivity index (χ1) is 12.5. The minimum Gasteiger partial charge on any atom is -0.481 e. The van der Waals surface area contributed by atoms with Crippen LogP contribution in [0.2, 0.25) is 0 Å². The maximum atomic E-state index is 13.3. The first kappa shape index (κ1) is 18.9. The van der Waals surface area contributed by atoms with E-state index in [1.807, 2.05) is 37.3 Å². The van der Waals surface area contributed by atoms with Gasteiger partial charge in [0.05, 0.1) is 12.5 Å². The fourth-order valence-corrected chi connectivity index (χ4v) is 3.90. The first-order valence-electron chi connectivity index (χ1n) is 9.30. The normalized spacial score (nSPS) is 25.7. The van der Waals surface area contributed by atoms with Crippen molar-refractivity contribution in [3.8, 4) is 0 Å². The number of carboxylic acids is 1. The van der Waals surface area contributed by atoms with E-state index in [2.05, 4.69) is 0 Å². The lowest BCUT2D eigenvalue weighted by Gasteiger charge is -2.43. The quantitative estimate of drug-likeness (QED) is 0.871. The summed E-state index contributed by atoms with van der Waals surface area (Å²) in [7, 11) is 0. The predicted molar refractivity (Wildman–Crippen MR) is 95.5 cm³/mol. The summed E-state index contributed by atoms with van der Waals surface area (Å²) in [6.07, 6.45) is 1.56. The Morgan fingerprint density at radius 3 is 2.58 bits per heavy atom. The number of benzene rings is 1. The molecule has 2 atom stereocenters. The Hall–Kier alpha value is -1.92. The molecule has 1 aromatic rings. The van der Waals surface area contributed by atoms with Crippen LogP contribution in [-0.4, -0.2) is 53.8 Å². The summed E-state index contributed by atoms with van der Waals surface area (Å²) in [5.41, 5.74) is 0.160. The van der Waals surface area contributed by atoms with E-state index >= 15 is 0 Å². The van der Waals surface area contributed by atoms with Crippen molar-refractivity contribution in [2.75, 3.05) is 26.3 Å². The molecule has 0 saturated carbocycles. The largest absolute Gasteiger partial charge is 0.481 e. The molecule has 2 aliphatic heterocycles. The number of piperidine rings is 1. The third-order valence-corrected chi connectivity index (χ3v) is 5.56. The summed E-state index contributed by atoms with van der Waals surface area (Å²) in [4.78, 5) is 26.4. The van der Waals surface area contributed by atoms with E-state index in [9.17, 15) is 14.7 Å². The molecule has 0 aliphatic carbocycles.